The van der Waals surface area contributed by atoms with Crippen LogP contribution in [0.3, 0.4) is 0 Å². The number of carbonyl (C=O) groups is 1. The fourth-order valence-corrected chi connectivity index (χ4v) is 1.19. The number of anilines is 1. The van der Waals surface area contributed by atoms with E-state index in [9.17, 15) is 4.79 Å². The van der Waals surface area contributed by atoms with Gasteiger partial charge in [-0.15, -0.1) is 11.6 Å². The van der Waals surface area contributed by atoms with Gasteiger partial charge >= 0.3 is 0 Å². The number of carbonyl (C=O) groups excluding carboxylic acids is 1. The molecule has 1 aromatic rings. The second kappa shape index (κ2) is 7.31. The van der Waals surface area contributed by atoms with Crippen molar-refractivity contribution < 1.29 is 4.79 Å². The summed E-state index contributed by atoms with van der Waals surface area (Å²) in [5.74, 6) is -0.118. The predicted molar refractivity (Wildman–Crippen MR) is 67.5 cm³/mol. The number of rotatable bonds is 5. The number of nitriles is 1. The highest BCUT2D eigenvalue weighted by Gasteiger charge is 2.06. The number of para-hydroxylation sites is 1. The standard InChI is InChI=1S/C12H12ClN3O/c13-6-7-15-12(17)10(8-14)9-16-11-4-2-1-3-5-11/h1-5,9,16H,6-7H2,(H,15,17)/b10-9-. The zero-order chi connectivity index (χ0) is 12.5. The van der Waals surface area contributed by atoms with Gasteiger partial charge in [0, 0.05) is 24.3 Å². The highest BCUT2D eigenvalue weighted by molar-refractivity contribution is 6.18. The summed E-state index contributed by atoms with van der Waals surface area (Å²) >= 11 is 5.43. The first-order chi connectivity index (χ1) is 8.27. The van der Waals surface area contributed by atoms with Crippen molar-refractivity contribution in [2.24, 2.45) is 0 Å². The molecule has 1 aromatic carbocycles. The average Bonchev–Trinajstić information content (AvgIpc) is 2.38. The van der Waals surface area contributed by atoms with Crippen LogP contribution in [0.15, 0.2) is 42.1 Å². The number of hydrogen-bond acceptors (Lipinski definition) is 3. The Balaban J connectivity index is 2.62. The normalized spacial score (nSPS) is 10.5. The maximum absolute atomic E-state index is 11.5. The molecule has 0 heterocycles. The largest absolute Gasteiger partial charge is 0.360 e. The number of alkyl halides is 1. The second-order valence-corrected chi connectivity index (χ2v) is 3.50. The van der Waals surface area contributed by atoms with Crippen molar-refractivity contribution in [3.8, 4) is 6.07 Å². The molecule has 0 aliphatic heterocycles. The van der Waals surface area contributed by atoms with E-state index in [0.717, 1.165) is 5.69 Å². The van der Waals surface area contributed by atoms with E-state index < -0.39 is 5.91 Å². The lowest BCUT2D eigenvalue weighted by Gasteiger charge is -2.03. The van der Waals surface area contributed by atoms with Gasteiger partial charge in [-0.2, -0.15) is 5.26 Å². The van der Waals surface area contributed by atoms with Crippen LogP contribution in [0.4, 0.5) is 5.69 Å². The molecule has 0 saturated carbocycles. The van der Waals surface area contributed by atoms with Gasteiger partial charge in [-0.25, -0.2) is 0 Å². The summed E-state index contributed by atoms with van der Waals surface area (Å²) in [6, 6.07) is 11.1. The third kappa shape index (κ3) is 4.58. The van der Waals surface area contributed by atoms with Crippen molar-refractivity contribution in [2.75, 3.05) is 17.7 Å². The Morgan fingerprint density at radius 2 is 2.12 bits per heavy atom. The van der Waals surface area contributed by atoms with Crippen LogP contribution in [-0.2, 0) is 4.79 Å². The summed E-state index contributed by atoms with van der Waals surface area (Å²) < 4.78 is 0. The van der Waals surface area contributed by atoms with Crippen molar-refractivity contribution in [1.29, 1.82) is 5.26 Å². The van der Waals surface area contributed by atoms with Crippen molar-refractivity contribution in [3.63, 3.8) is 0 Å². The van der Waals surface area contributed by atoms with Crippen molar-refractivity contribution in [2.45, 2.75) is 0 Å². The maximum atomic E-state index is 11.5. The first kappa shape index (κ1) is 13.1. The number of benzene rings is 1. The molecular weight excluding hydrogens is 238 g/mol. The molecule has 0 spiro atoms. The van der Waals surface area contributed by atoms with Gasteiger partial charge in [-0.05, 0) is 12.1 Å². The molecule has 5 heteroatoms. The Hall–Kier alpha value is -1.99. The molecule has 0 aliphatic rings. The lowest BCUT2D eigenvalue weighted by Crippen LogP contribution is -2.26. The van der Waals surface area contributed by atoms with E-state index in [0.29, 0.717) is 12.4 Å². The number of halogens is 1. The number of hydrogen-bond donors (Lipinski definition) is 2. The molecule has 0 saturated heterocycles. The third-order valence-electron chi connectivity index (χ3n) is 1.90. The number of nitrogens with one attached hydrogen (secondary N) is 2. The van der Waals surface area contributed by atoms with Gasteiger partial charge in [0.25, 0.3) is 5.91 Å². The Kier molecular flexibility index (Phi) is 5.62. The Morgan fingerprint density at radius 3 is 2.71 bits per heavy atom. The van der Waals surface area contributed by atoms with Crippen LogP contribution >= 0.6 is 11.6 Å². The van der Waals surface area contributed by atoms with Gasteiger partial charge in [-0.1, -0.05) is 18.2 Å². The average molecular weight is 250 g/mol. The second-order valence-electron chi connectivity index (χ2n) is 3.13. The van der Waals surface area contributed by atoms with Gasteiger partial charge in [0.05, 0.1) is 0 Å². The van der Waals surface area contributed by atoms with Gasteiger partial charge in [0.15, 0.2) is 0 Å². The lowest BCUT2D eigenvalue weighted by atomic mass is 10.3. The topological polar surface area (TPSA) is 64.9 Å². The molecule has 17 heavy (non-hydrogen) atoms. The minimum Gasteiger partial charge on any atom is -0.360 e. The summed E-state index contributed by atoms with van der Waals surface area (Å²) in [5.41, 5.74) is 0.823. The molecule has 0 radical (unpaired) electrons. The zero-order valence-electron chi connectivity index (χ0n) is 9.11. The first-order valence-corrected chi connectivity index (χ1v) is 5.57. The van der Waals surface area contributed by atoms with E-state index in [1.807, 2.05) is 36.4 Å². The van der Waals surface area contributed by atoms with Crippen molar-refractivity contribution >= 4 is 23.2 Å². The SMILES string of the molecule is N#C/C(=C/Nc1ccccc1)C(=O)NCCCl. The summed E-state index contributed by atoms with van der Waals surface area (Å²) in [4.78, 5) is 11.5. The van der Waals surface area contributed by atoms with E-state index in [4.69, 9.17) is 16.9 Å². The molecular formula is C12H12ClN3O. The van der Waals surface area contributed by atoms with Crippen LogP contribution < -0.4 is 10.6 Å². The van der Waals surface area contributed by atoms with E-state index in [1.54, 1.807) is 0 Å². The first-order valence-electron chi connectivity index (χ1n) is 5.04. The van der Waals surface area contributed by atoms with E-state index in [2.05, 4.69) is 10.6 Å². The van der Waals surface area contributed by atoms with Gasteiger partial charge in [0.1, 0.15) is 11.6 Å². The highest BCUT2D eigenvalue weighted by Crippen LogP contribution is 2.05. The monoisotopic (exact) mass is 249 g/mol. The molecule has 1 rings (SSSR count). The summed E-state index contributed by atoms with van der Waals surface area (Å²) in [6.07, 6.45) is 1.37. The molecule has 0 unspecified atom stereocenters. The van der Waals surface area contributed by atoms with Crippen LogP contribution in [0, 0.1) is 11.3 Å². The summed E-state index contributed by atoms with van der Waals surface area (Å²) in [7, 11) is 0. The molecule has 0 fully saturated rings. The third-order valence-corrected chi connectivity index (χ3v) is 2.09. The van der Waals surface area contributed by atoms with Crippen molar-refractivity contribution in [1.82, 2.24) is 5.32 Å². The fourth-order valence-electron chi connectivity index (χ4n) is 1.09. The smallest absolute Gasteiger partial charge is 0.263 e. The number of amides is 1. The van der Waals surface area contributed by atoms with Crippen LogP contribution in [0.25, 0.3) is 0 Å². The molecule has 0 aromatic heterocycles. The summed E-state index contributed by atoms with van der Waals surface area (Å²) in [5, 5.41) is 14.2. The van der Waals surface area contributed by atoms with Crippen molar-refractivity contribution in [3.05, 3.63) is 42.1 Å². The van der Waals surface area contributed by atoms with E-state index in [1.165, 1.54) is 6.20 Å². The van der Waals surface area contributed by atoms with Crippen LogP contribution in [0.2, 0.25) is 0 Å². The Bertz CT molecular complexity index is 437. The van der Waals surface area contributed by atoms with Crippen LogP contribution in [-0.4, -0.2) is 18.3 Å². The highest BCUT2D eigenvalue weighted by atomic mass is 35.5. The quantitative estimate of drug-likeness (QED) is 0.476. The van der Waals surface area contributed by atoms with Gasteiger partial charge in [0.2, 0.25) is 0 Å². The lowest BCUT2D eigenvalue weighted by molar-refractivity contribution is -0.117. The minimum atomic E-state index is -0.434. The number of nitrogens with zero attached hydrogens (tertiary/aromatic N) is 1. The zero-order valence-corrected chi connectivity index (χ0v) is 9.87. The maximum Gasteiger partial charge on any atom is 0.263 e. The molecule has 1 amide bonds. The molecule has 4 nitrogen and oxygen atoms in total. The fraction of sp³-hybridized carbons (Fsp3) is 0.167. The van der Waals surface area contributed by atoms with Gasteiger partial charge < -0.3 is 10.6 Å². The molecule has 0 atom stereocenters. The van der Waals surface area contributed by atoms with Crippen LogP contribution in [0.5, 0.6) is 0 Å². The Morgan fingerprint density at radius 1 is 1.41 bits per heavy atom. The Labute approximate surface area is 105 Å². The van der Waals surface area contributed by atoms with E-state index in [-0.39, 0.29) is 5.57 Å². The van der Waals surface area contributed by atoms with E-state index >= 15 is 0 Å². The minimum absolute atomic E-state index is 0.0129. The summed E-state index contributed by atoms with van der Waals surface area (Å²) in [6.45, 7) is 0.338. The molecule has 0 aliphatic carbocycles. The molecule has 0 bridgehead atoms. The van der Waals surface area contributed by atoms with Gasteiger partial charge in [-0.3, -0.25) is 4.79 Å². The predicted octanol–water partition coefficient (Wildman–Crippen LogP) is 1.86. The van der Waals surface area contributed by atoms with Crippen LogP contribution in [0.1, 0.15) is 0 Å². The molecule has 2 N–H and O–H groups in total. The molecule has 88 valence electrons.